The van der Waals surface area contributed by atoms with Crippen LogP contribution in [-0.2, 0) is 36.2 Å². The van der Waals surface area contributed by atoms with Crippen LogP contribution in [0.15, 0.2) is 24.5 Å². The summed E-state index contributed by atoms with van der Waals surface area (Å²) < 4.78 is 59.0. The monoisotopic (exact) mass is 1020 g/mol. The average Bonchev–Trinajstić information content (AvgIpc) is 3.83. The fourth-order valence-electron chi connectivity index (χ4n) is 7.99. The Labute approximate surface area is 416 Å². The van der Waals surface area contributed by atoms with Crippen molar-refractivity contribution in [2.24, 2.45) is 23.7 Å². The lowest BCUT2D eigenvalue weighted by Gasteiger charge is -2.26. The van der Waals surface area contributed by atoms with Crippen LogP contribution in [0.4, 0.5) is 0 Å². The molecule has 0 radical (unpaired) electrons. The fraction of sp³-hybridized carbons (Fsp3) is 0.609. The zero-order valence-electron chi connectivity index (χ0n) is 40.6. The molecule has 0 unspecified atom stereocenters. The van der Waals surface area contributed by atoms with Crippen LogP contribution in [0, 0.1) is 23.7 Å². The van der Waals surface area contributed by atoms with Crippen LogP contribution in [0.3, 0.4) is 0 Å². The van der Waals surface area contributed by atoms with Gasteiger partial charge in [0.2, 0.25) is 11.8 Å². The van der Waals surface area contributed by atoms with E-state index in [2.05, 4.69) is 44.6 Å². The predicted molar refractivity (Wildman–Crippen MR) is 262 cm³/mol. The van der Waals surface area contributed by atoms with E-state index in [1.807, 2.05) is 41.5 Å². The van der Waals surface area contributed by atoms with Gasteiger partial charge in [-0.05, 0) is 90.9 Å². The van der Waals surface area contributed by atoms with Crippen LogP contribution in [0.1, 0.15) is 128 Å². The topological polar surface area (TPSA) is 225 Å². The zero-order chi connectivity index (χ0) is 50.5. The molecule has 18 nitrogen and oxygen atoms in total. The molecule has 22 heteroatoms. The molecule has 2 saturated carbocycles. The molecular formula is C46H66Cl2N8O10S2. The summed E-state index contributed by atoms with van der Waals surface area (Å²) in [5.41, 5.74) is 3.01. The summed E-state index contributed by atoms with van der Waals surface area (Å²) in [6, 6.07) is 3.45. The normalized spacial score (nSPS) is 17.5. The van der Waals surface area contributed by atoms with Crippen LogP contribution in [0.25, 0.3) is 22.5 Å². The number of hydrogen-bond donors (Lipinski definition) is 2. The number of amides is 2. The van der Waals surface area contributed by atoms with Gasteiger partial charge in [0.25, 0.3) is 11.8 Å². The summed E-state index contributed by atoms with van der Waals surface area (Å²) in [5, 5.41) is 15.6. The number of halogens is 2. The minimum Gasteiger partial charge on any atom is -0.496 e. The molecule has 0 spiro atoms. The van der Waals surface area contributed by atoms with Crippen molar-refractivity contribution in [2.75, 3.05) is 27.3 Å². The molecule has 376 valence electrons. The molecule has 4 heterocycles. The predicted octanol–water partition coefficient (Wildman–Crippen LogP) is 8.60. The quantitative estimate of drug-likeness (QED) is 0.107. The van der Waals surface area contributed by atoms with Crippen molar-refractivity contribution in [1.29, 1.82) is 0 Å². The standard InChI is InChI=1S/2C23H33ClN4O3.2O2S/c2*1-6-28-22(17-13-25-19(31-14(2)3)11-18(17)30-5)20(24)21(27-28)23(29)26-12-16-9-7-15(4)8-10-16;2*1-3-2/h2*11,13-16H,6-10,12H2,1-5H3,(H,26,29);;. The molecule has 2 aliphatic rings. The molecule has 2 fully saturated rings. The number of rotatable bonds is 16. The second kappa shape index (κ2) is 29.2. The number of nitrogens with zero attached hydrogens (tertiary/aromatic N) is 6. The number of hydrogen-bond acceptors (Lipinski definition) is 14. The van der Waals surface area contributed by atoms with Crippen LogP contribution in [-0.4, -0.2) is 97.7 Å². The van der Waals surface area contributed by atoms with Crippen molar-refractivity contribution < 1.29 is 45.4 Å². The third-order valence-electron chi connectivity index (χ3n) is 11.5. The Morgan fingerprint density at radius 2 is 0.971 bits per heavy atom. The summed E-state index contributed by atoms with van der Waals surface area (Å²) in [4.78, 5) is 34.5. The Balaban J connectivity index is 0.000000323. The molecule has 6 rings (SSSR count). The Hall–Kier alpha value is -4.92. The number of methoxy groups -OCH3 is 2. The highest BCUT2D eigenvalue weighted by Crippen LogP contribution is 2.40. The molecule has 2 N–H and O–H groups in total. The van der Waals surface area contributed by atoms with E-state index in [-0.39, 0.29) is 35.4 Å². The van der Waals surface area contributed by atoms with Gasteiger partial charge < -0.3 is 29.6 Å². The summed E-state index contributed by atoms with van der Waals surface area (Å²) >= 11 is 11.8. The van der Waals surface area contributed by atoms with Gasteiger partial charge in [-0.3, -0.25) is 19.0 Å². The third kappa shape index (κ3) is 16.6. The van der Waals surface area contributed by atoms with Crippen LogP contribution < -0.4 is 29.6 Å². The number of aryl methyl sites for hydroxylation is 2. The average molecular weight is 1030 g/mol. The number of pyridine rings is 2. The van der Waals surface area contributed by atoms with Crippen LogP contribution in [0.5, 0.6) is 23.3 Å². The lowest BCUT2D eigenvalue weighted by atomic mass is 9.83. The number of ether oxygens (including phenoxy) is 4. The highest BCUT2D eigenvalue weighted by molar-refractivity contribution is 7.51. The van der Waals surface area contributed by atoms with Crippen molar-refractivity contribution in [3.8, 4) is 45.8 Å². The Bertz CT molecular complexity index is 2160. The van der Waals surface area contributed by atoms with E-state index in [0.29, 0.717) is 93.8 Å². The van der Waals surface area contributed by atoms with E-state index in [1.165, 1.54) is 25.7 Å². The minimum atomic E-state index is -0.750. The van der Waals surface area contributed by atoms with Gasteiger partial charge in [-0.25, -0.2) is 9.97 Å². The highest BCUT2D eigenvalue weighted by Gasteiger charge is 2.28. The van der Waals surface area contributed by atoms with E-state index >= 15 is 0 Å². The molecule has 0 aromatic carbocycles. The van der Waals surface area contributed by atoms with Gasteiger partial charge in [0, 0.05) is 50.7 Å². The van der Waals surface area contributed by atoms with E-state index in [4.69, 9.17) is 59.0 Å². The second-order valence-electron chi connectivity index (χ2n) is 17.2. The zero-order valence-corrected chi connectivity index (χ0v) is 43.7. The number of carbonyl (C=O) groups excluding carboxylic acids is 2. The van der Waals surface area contributed by atoms with Gasteiger partial charge >= 0.3 is 23.1 Å². The molecule has 0 saturated heterocycles. The fourth-order valence-corrected chi connectivity index (χ4v) is 8.64. The Morgan fingerprint density at radius 3 is 1.25 bits per heavy atom. The van der Waals surface area contributed by atoms with Crippen LogP contribution in [0.2, 0.25) is 10.0 Å². The number of nitrogens with one attached hydrogen (secondary N) is 2. The van der Waals surface area contributed by atoms with Gasteiger partial charge in [0.05, 0.1) is 59.0 Å². The maximum absolute atomic E-state index is 12.9. The summed E-state index contributed by atoms with van der Waals surface area (Å²) in [7, 11) is 3.16. The molecular weight excluding hydrogens is 960 g/mol. The van der Waals surface area contributed by atoms with E-state index in [1.54, 1.807) is 48.1 Å². The van der Waals surface area contributed by atoms with Crippen molar-refractivity contribution in [1.82, 2.24) is 40.2 Å². The smallest absolute Gasteiger partial charge is 0.335 e. The highest BCUT2D eigenvalue weighted by atomic mass is 35.5. The van der Waals surface area contributed by atoms with Gasteiger partial charge in [-0.2, -0.15) is 27.0 Å². The Morgan fingerprint density at radius 1 is 0.647 bits per heavy atom. The molecule has 0 atom stereocenters. The van der Waals surface area contributed by atoms with Gasteiger partial charge in [-0.1, -0.05) is 62.7 Å². The molecule has 4 aromatic rings. The maximum Gasteiger partial charge on any atom is 0.335 e. The van der Waals surface area contributed by atoms with Gasteiger partial charge in [-0.15, -0.1) is 0 Å². The van der Waals surface area contributed by atoms with Gasteiger partial charge in [0.1, 0.15) is 11.5 Å². The van der Waals surface area contributed by atoms with Crippen molar-refractivity contribution in [3.63, 3.8) is 0 Å². The molecule has 0 bridgehead atoms. The lowest BCUT2D eigenvalue weighted by Crippen LogP contribution is -2.31. The number of aromatic nitrogens is 6. The van der Waals surface area contributed by atoms with E-state index < -0.39 is 23.1 Å². The second-order valence-corrected chi connectivity index (χ2v) is 18.3. The van der Waals surface area contributed by atoms with Crippen molar-refractivity contribution in [3.05, 3.63) is 46.0 Å². The lowest BCUT2D eigenvalue weighted by molar-refractivity contribution is 0.0928. The van der Waals surface area contributed by atoms with Crippen molar-refractivity contribution in [2.45, 2.75) is 132 Å². The summed E-state index contributed by atoms with van der Waals surface area (Å²) in [6.07, 6.45) is 12.8. The molecule has 68 heavy (non-hydrogen) atoms. The van der Waals surface area contributed by atoms with E-state index in [9.17, 15) is 9.59 Å². The van der Waals surface area contributed by atoms with Crippen LogP contribution >= 0.6 is 23.2 Å². The molecule has 0 aliphatic heterocycles. The van der Waals surface area contributed by atoms with E-state index in [0.717, 1.165) is 37.5 Å². The van der Waals surface area contributed by atoms with Gasteiger partial charge in [0.15, 0.2) is 11.4 Å². The maximum atomic E-state index is 12.9. The SMILES string of the molecule is CCn1nc(C(=O)NCC2CCC(C)CC2)c(Cl)c1-c1cnc(OC(C)C)cc1OC.CCn1nc(C(=O)NCC2CCC(C)CC2)c(Cl)c1-c1cnc(OC(C)C)cc1OC.O=S=O.O=S=O. The molecule has 4 aromatic heterocycles. The minimum absolute atomic E-state index is 0.00418. The summed E-state index contributed by atoms with van der Waals surface area (Å²) in [6.45, 7) is 18.6. The summed E-state index contributed by atoms with van der Waals surface area (Å²) in [5.74, 6) is 4.16. The van der Waals surface area contributed by atoms with Crippen molar-refractivity contribution >= 4 is 58.2 Å². The third-order valence-corrected chi connectivity index (χ3v) is 12.3. The first-order valence-electron chi connectivity index (χ1n) is 22.8. The molecule has 2 aliphatic carbocycles. The number of carbonyl (C=O) groups is 2. The molecule has 2 amide bonds. The first-order valence-corrected chi connectivity index (χ1v) is 24.9. The Kier molecular flexibility index (Phi) is 24.6. The largest absolute Gasteiger partial charge is 0.496 e. The first kappa shape index (κ1) is 57.4. The first-order chi connectivity index (χ1) is 32.5.